The van der Waals surface area contributed by atoms with Crippen molar-refractivity contribution >= 4 is 11.8 Å². The van der Waals surface area contributed by atoms with E-state index < -0.39 is 5.60 Å². The number of aromatic nitrogens is 4. The summed E-state index contributed by atoms with van der Waals surface area (Å²) in [5.74, 6) is 0.915. The Kier molecular flexibility index (Phi) is 5.03. The maximum atomic E-state index is 11.0. The van der Waals surface area contributed by atoms with E-state index in [9.17, 15) is 5.11 Å². The van der Waals surface area contributed by atoms with Crippen molar-refractivity contribution < 1.29 is 9.52 Å². The molecule has 1 aliphatic heterocycles. The van der Waals surface area contributed by atoms with Crippen LogP contribution >= 0.6 is 11.8 Å². The van der Waals surface area contributed by atoms with Crippen LogP contribution in [-0.2, 0) is 19.2 Å². The van der Waals surface area contributed by atoms with Crippen LogP contribution in [0.25, 0.3) is 0 Å². The van der Waals surface area contributed by atoms with Gasteiger partial charge in [-0.3, -0.25) is 9.88 Å². The Morgan fingerprint density at radius 3 is 2.70 bits per heavy atom. The molecule has 4 rings (SSSR count). The fourth-order valence-electron chi connectivity index (χ4n) is 3.25. The maximum Gasteiger partial charge on any atom is 0.198 e. The summed E-state index contributed by atoms with van der Waals surface area (Å²) < 4.78 is 7.79. The van der Waals surface area contributed by atoms with Gasteiger partial charge < -0.3 is 14.1 Å². The van der Waals surface area contributed by atoms with E-state index in [-0.39, 0.29) is 0 Å². The summed E-state index contributed by atoms with van der Waals surface area (Å²) in [7, 11) is 1.91. The standard InChI is InChI=1S/C19H23N5O2S/c1-14-3-5-16(20-11-14)19(25)7-9-24(10-8-19)12-15-4-6-17(26-15)27-18-22-21-13-23(18)2/h3-6,11,13,25H,7-10,12H2,1-2H3. The van der Waals surface area contributed by atoms with Crippen molar-refractivity contribution in [3.05, 3.63) is 53.8 Å². The lowest BCUT2D eigenvalue weighted by Gasteiger charge is -2.37. The Bertz CT molecular complexity index is 897. The number of aliphatic hydroxyl groups is 1. The van der Waals surface area contributed by atoms with Gasteiger partial charge in [0.2, 0.25) is 0 Å². The summed E-state index contributed by atoms with van der Waals surface area (Å²) in [5.41, 5.74) is 1.04. The van der Waals surface area contributed by atoms with E-state index >= 15 is 0 Å². The highest BCUT2D eigenvalue weighted by Crippen LogP contribution is 2.33. The number of aryl methyl sites for hydroxylation is 2. The molecule has 0 bridgehead atoms. The highest BCUT2D eigenvalue weighted by Gasteiger charge is 2.35. The van der Waals surface area contributed by atoms with Gasteiger partial charge in [0.05, 0.1) is 12.2 Å². The summed E-state index contributed by atoms with van der Waals surface area (Å²) in [4.78, 5) is 6.73. The topological polar surface area (TPSA) is 80.2 Å². The number of likely N-dealkylation sites (tertiary alicyclic amines) is 1. The minimum absolute atomic E-state index is 0.671. The van der Waals surface area contributed by atoms with Gasteiger partial charge in [-0.1, -0.05) is 6.07 Å². The largest absolute Gasteiger partial charge is 0.453 e. The monoisotopic (exact) mass is 385 g/mol. The van der Waals surface area contributed by atoms with Crippen LogP contribution in [0.3, 0.4) is 0 Å². The molecule has 0 unspecified atom stereocenters. The first kappa shape index (κ1) is 18.2. The van der Waals surface area contributed by atoms with Crippen LogP contribution in [0, 0.1) is 6.92 Å². The number of pyridine rings is 1. The third-order valence-corrected chi connectivity index (χ3v) is 5.92. The van der Waals surface area contributed by atoms with Crippen LogP contribution in [0.5, 0.6) is 0 Å². The maximum absolute atomic E-state index is 11.0. The minimum atomic E-state index is -0.834. The zero-order chi connectivity index (χ0) is 18.9. The van der Waals surface area contributed by atoms with Gasteiger partial charge in [-0.25, -0.2) is 0 Å². The predicted molar refractivity (Wildman–Crippen MR) is 101 cm³/mol. The number of piperidine rings is 1. The minimum Gasteiger partial charge on any atom is -0.453 e. The van der Waals surface area contributed by atoms with E-state index in [2.05, 4.69) is 20.1 Å². The predicted octanol–water partition coefficient (Wildman–Crippen LogP) is 2.75. The molecule has 4 heterocycles. The molecule has 7 nitrogen and oxygen atoms in total. The molecular formula is C19H23N5O2S. The second-order valence-corrected chi connectivity index (χ2v) is 8.05. The first-order valence-electron chi connectivity index (χ1n) is 9.00. The highest BCUT2D eigenvalue weighted by atomic mass is 32.2. The second-order valence-electron chi connectivity index (χ2n) is 7.08. The van der Waals surface area contributed by atoms with Crippen LogP contribution in [0.2, 0.25) is 0 Å². The van der Waals surface area contributed by atoms with Crippen LogP contribution in [0.1, 0.15) is 29.9 Å². The summed E-state index contributed by atoms with van der Waals surface area (Å²) in [6.07, 6.45) is 4.83. The smallest absolute Gasteiger partial charge is 0.198 e. The Morgan fingerprint density at radius 2 is 2.04 bits per heavy atom. The van der Waals surface area contributed by atoms with Gasteiger partial charge in [0.25, 0.3) is 0 Å². The molecule has 0 saturated carbocycles. The summed E-state index contributed by atoms with van der Waals surface area (Å²) in [6, 6.07) is 7.91. The average Bonchev–Trinajstić information content (AvgIpc) is 3.27. The lowest BCUT2D eigenvalue weighted by atomic mass is 9.87. The first-order chi connectivity index (χ1) is 13.0. The molecule has 0 amide bonds. The van der Waals surface area contributed by atoms with Gasteiger partial charge in [-0.15, -0.1) is 10.2 Å². The van der Waals surface area contributed by atoms with Crippen molar-refractivity contribution in [3.63, 3.8) is 0 Å². The van der Waals surface area contributed by atoms with Gasteiger partial charge in [0.1, 0.15) is 17.7 Å². The molecule has 0 atom stereocenters. The third kappa shape index (κ3) is 4.07. The van der Waals surface area contributed by atoms with Crippen molar-refractivity contribution in [3.8, 4) is 0 Å². The molecule has 0 radical (unpaired) electrons. The molecule has 1 N–H and O–H groups in total. The summed E-state index contributed by atoms with van der Waals surface area (Å²) in [5, 5.41) is 20.5. The first-order valence-corrected chi connectivity index (χ1v) is 9.82. The van der Waals surface area contributed by atoms with Crippen molar-refractivity contribution in [2.75, 3.05) is 13.1 Å². The van der Waals surface area contributed by atoms with Crippen LogP contribution in [-0.4, -0.2) is 42.8 Å². The Morgan fingerprint density at radius 1 is 1.22 bits per heavy atom. The molecule has 142 valence electrons. The lowest BCUT2D eigenvalue weighted by Crippen LogP contribution is -2.42. The van der Waals surface area contributed by atoms with Crippen molar-refractivity contribution in [1.29, 1.82) is 0 Å². The van der Waals surface area contributed by atoms with Gasteiger partial charge in [-0.05, 0) is 55.3 Å². The summed E-state index contributed by atoms with van der Waals surface area (Å²) in [6.45, 7) is 4.34. The molecule has 1 fully saturated rings. The quantitative estimate of drug-likeness (QED) is 0.723. The second kappa shape index (κ2) is 7.46. The SMILES string of the molecule is Cc1ccc(C2(O)CCN(Cc3ccc(Sc4nncn4C)o3)CC2)nc1. The number of nitrogens with zero attached hydrogens (tertiary/aromatic N) is 5. The molecule has 0 aliphatic carbocycles. The molecule has 27 heavy (non-hydrogen) atoms. The van der Waals surface area contributed by atoms with E-state index in [0.717, 1.165) is 46.9 Å². The molecule has 1 aliphatic rings. The molecule has 0 aromatic carbocycles. The highest BCUT2D eigenvalue weighted by molar-refractivity contribution is 7.99. The summed E-state index contributed by atoms with van der Waals surface area (Å²) >= 11 is 1.46. The molecule has 3 aromatic heterocycles. The van der Waals surface area contributed by atoms with E-state index in [1.165, 1.54) is 11.8 Å². The van der Waals surface area contributed by atoms with E-state index in [0.29, 0.717) is 12.8 Å². The van der Waals surface area contributed by atoms with Crippen molar-refractivity contribution in [2.24, 2.45) is 7.05 Å². The fraction of sp³-hybridized carbons (Fsp3) is 0.421. The zero-order valence-electron chi connectivity index (χ0n) is 15.5. The molecule has 0 spiro atoms. The molecule has 8 heteroatoms. The van der Waals surface area contributed by atoms with Crippen LogP contribution in [0.15, 0.2) is 51.5 Å². The van der Waals surface area contributed by atoms with E-state index in [1.54, 1.807) is 6.33 Å². The molecular weight excluding hydrogens is 362 g/mol. The van der Waals surface area contributed by atoms with Gasteiger partial charge in [0, 0.05) is 26.3 Å². The molecule has 1 saturated heterocycles. The number of furan rings is 1. The third-order valence-electron chi connectivity index (χ3n) is 4.95. The van der Waals surface area contributed by atoms with Crippen LogP contribution < -0.4 is 0 Å². The van der Waals surface area contributed by atoms with Crippen LogP contribution in [0.4, 0.5) is 0 Å². The zero-order valence-corrected chi connectivity index (χ0v) is 16.3. The lowest BCUT2D eigenvalue weighted by molar-refractivity contribution is -0.0324. The Balaban J connectivity index is 1.34. The van der Waals surface area contributed by atoms with E-state index in [1.807, 2.05) is 49.0 Å². The normalized spacial score (nSPS) is 17.3. The number of rotatable bonds is 5. The van der Waals surface area contributed by atoms with Gasteiger partial charge in [0.15, 0.2) is 10.2 Å². The average molecular weight is 385 g/mol. The van der Waals surface area contributed by atoms with Gasteiger partial charge in [-0.2, -0.15) is 0 Å². The van der Waals surface area contributed by atoms with Gasteiger partial charge >= 0.3 is 0 Å². The van der Waals surface area contributed by atoms with Crippen molar-refractivity contribution in [2.45, 2.75) is 42.2 Å². The molecule has 3 aromatic rings. The Hall–Kier alpha value is -2.16. The number of hydrogen-bond acceptors (Lipinski definition) is 7. The fourth-order valence-corrected chi connectivity index (χ4v) is 4.00. The number of hydrogen-bond donors (Lipinski definition) is 1. The van der Waals surface area contributed by atoms with Crippen molar-refractivity contribution in [1.82, 2.24) is 24.6 Å². The van der Waals surface area contributed by atoms with E-state index in [4.69, 9.17) is 4.42 Å². The Labute approximate surface area is 162 Å².